The van der Waals surface area contributed by atoms with E-state index >= 15 is 0 Å². The standard InChI is InChI=1S/C34H30Br2Cl2N2O7S/c1-6-45-26-15-22(35)21(14-25(26)43-4)30-29(33(42)46-7-2)17(3)39-34-40(30)32(41)28(48-34)12-18-10-23(36)31(27(11-18)44-5)47-16-19-8-9-20(37)13-24(19)38/h8-15,30H,6-7,16H2,1-5H3/b28-12+/t30-/m0/s1. The van der Waals surface area contributed by atoms with Crippen LogP contribution in [0.3, 0.4) is 0 Å². The molecule has 5 rings (SSSR count). The van der Waals surface area contributed by atoms with E-state index in [-0.39, 0.29) is 24.3 Å². The highest BCUT2D eigenvalue weighted by Crippen LogP contribution is 2.41. The van der Waals surface area contributed by atoms with Crippen LogP contribution in [0.2, 0.25) is 10.0 Å². The number of ether oxygens (including phenoxy) is 5. The maximum atomic E-state index is 14.2. The molecule has 0 radical (unpaired) electrons. The Hall–Kier alpha value is -3.29. The highest BCUT2D eigenvalue weighted by molar-refractivity contribution is 9.10. The number of rotatable bonds is 11. The number of nitrogens with zero attached hydrogens (tertiary/aromatic N) is 2. The van der Waals surface area contributed by atoms with Gasteiger partial charge in [0.1, 0.15) is 6.61 Å². The summed E-state index contributed by atoms with van der Waals surface area (Å²) < 4.78 is 31.7. The molecular formula is C34H30Br2Cl2N2O7S. The Morgan fingerprint density at radius 2 is 1.73 bits per heavy atom. The third kappa shape index (κ3) is 7.33. The van der Waals surface area contributed by atoms with Crippen molar-refractivity contribution < 1.29 is 28.5 Å². The van der Waals surface area contributed by atoms with E-state index in [2.05, 4.69) is 36.9 Å². The van der Waals surface area contributed by atoms with Gasteiger partial charge in [-0.3, -0.25) is 9.36 Å². The number of thiazole rings is 1. The number of carbonyl (C=O) groups excluding carboxylic acids is 1. The zero-order valence-electron chi connectivity index (χ0n) is 26.5. The van der Waals surface area contributed by atoms with Crippen LogP contribution in [0, 0.1) is 0 Å². The van der Waals surface area contributed by atoms with Gasteiger partial charge in [0.2, 0.25) is 0 Å². The molecule has 0 spiro atoms. The van der Waals surface area contributed by atoms with Gasteiger partial charge in [-0.25, -0.2) is 9.79 Å². The number of methoxy groups -OCH3 is 2. The van der Waals surface area contributed by atoms with Gasteiger partial charge in [-0.05, 0) is 90.3 Å². The molecule has 0 bridgehead atoms. The first-order valence-corrected chi connectivity index (χ1v) is 17.8. The summed E-state index contributed by atoms with van der Waals surface area (Å²) >= 11 is 20.8. The van der Waals surface area contributed by atoms with Crippen LogP contribution < -0.4 is 33.8 Å². The number of halogens is 4. The zero-order valence-corrected chi connectivity index (χ0v) is 32.0. The van der Waals surface area contributed by atoms with Crippen molar-refractivity contribution in [2.45, 2.75) is 33.4 Å². The summed E-state index contributed by atoms with van der Waals surface area (Å²) in [6.07, 6.45) is 1.74. The predicted octanol–water partition coefficient (Wildman–Crippen LogP) is 7.63. The molecule has 4 aromatic rings. The van der Waals surface area contributed by atoms with Crippen molar-refractivity contribution in [2.75, 3.05) is 27.4 Å². The second kappa shape index (κ2) is 15.5. The molecule has 0 unspecified atom stereocenters. The SMILES string of the molecule is CCOC(=O)C1=C(C)N=c2s/c(=C/c3cc(Br)c(OCc4ccc(Cl)cc4Cl)c(OC)c3)c(=O)n2[C@H]1c1cc(OC)c(OCC)cc1Br. The third-order valence-electron chi connectivity index (χ3n) is 7.33. The minimum absolute atomic E-state index is 0.156. The Kier molecular flexibility index (Phi) is 11.6. The van der Waals surface area contributed by atoms with E-state index in [1.165, 1.54) is 30.1 Å². The molecule has 1 atom stereocenters. The maximum Gasteiger partial charge on any atom is 0.338 e. The highest BCUT2D eigenvalue weighted by atomic mass is 79.9. The fourth-order valence-corrected chi connectivity index (χ4v) is 7.80. The quantitative estimate of drug-likeness (QED) is 0.144. The molecular weight excluding hydrogens is 811 g/mol. The molecule has 0 saturated carbocycles. The lowest BCUT2D eigenvalue weighted by Crippen LogP contribution is -2.40. The summed E-state index contributed by atoms with van der Waals surface area (Å²) in [7, 11) is 3.06. The van der Waals surface area contributed by atoms with E-state index in [0.717, 1.165) is 5.56 Å². The molecule has 1 aliphatic rings. The number of hydrogen-bond donors (Lipinski definition) is 0. The molecule has 9 nitrogen and oxygen atoms in total. The second-order valence-electron chi connectivity index (χ2n) is 10.3. The number of allylic oxidation sites excluding steroid dienone is 1. The van der Waals surface area contributed by atoms with Gasteiger partial charge in [-0.1, -0.05) is 56.5 Å². The summed E-state index contributed by atoms with van der Waals surface area (Å²) in [6, 6.07) is 11.4. The van der Waals surface area contributed by atoms with Gasteiger partial charge in [0.05, 0.1) is 53.8 Å². The number of benzene rings is 3. The number of fused-ring (bicyclic) bond motifs is 1. The molecule has 1 aromatic heterocycles. The third-order valence-corrected chi connectivity index (χ3v) is 10.2. The van der Waals surface area contributed by atoms with Crippen molar-refractivity contribution in [1.82, 2.24) is 4.57 Å². The Balaban J connectivity index is 1.62. The van der Waals surface area contributed by atoms with E-state index in [0.29, 0.717) is 74.8 Å². The zero-order chi connectivity index (χ0) is 34.7. The van der Waals surface area contributed by atoms with Gasteiger partial charge in [0.25, 0.3) is 5.56 Å². The van der Waals surface area contributed by atoms with Gasteiger partial charge in [-0.2, -0.15) is 0 Å². The average molecular weight is 841 g/mol. The molecule has 0 aliphatic carbocycles. The van der Waals surface area contributed by atoms with Gasteiger partial charge in [0, 0.05) is 20.1 Å². The summed E-state index contributed by atoms with van der Waals surface area (Å²) in [5.74, 6) is 1.31. The van der Waals surface area contributed by atoms with Crippen LogP contribution in [0.1, 0.15) is 43.5 Å². The van der Waals surface area contributed by atoms with Gasteiger partial charge in [0.15, 0.2) is 27.8 Å². The first-order chi connectivity index (χ1) is 23.0. The van der Waals surface area contributed by atoms with Crippen LogP contribution in [0.5, 0.6) is 23.0 Å². The minimum Gasteiger partial charge on any atom is -0.493 e. The lowest BCUT2D eigenvalue weighted by atomic mass is 9.95. The van der Waals surface area contributed by atoms with Crippen molar-refractivity contribution in [3.63, 3.8) is 0 Å². The second-order valence-corrected chi connectivity index (χ2v) is 13.9. The number of aromatic nitrogens is 1. The molecule has 48 heavy (non-hydrogen) atoms. The molecule has 252 valence electrons. The number of hydrogen-bond acceptors (Lipinski definition) is 9. The fraction of sp³-hybridized carbons (Fsp3) is 0.265. The molecule has 2 heterocycles. The molecule has 3 aromatic carbocycles. The summed E-state index contributed by atoms with van der Waals surface area (Å²) in [5.41, 5.74) is 2.37. The number of carbonyl (C=O) groups is 1. The molecule has 14 heteroatoms. The fourth-order valence-electron chi connectivity index (χ4n) is 5.18. The van der Waals surface area contributed by atoms with Crippen molar-refractivity contribution in [1.29, 1.82) is 0 Å². The van der Waals surface area contributed by atoms with Crippen molar-refractivity contribution in [2.24, 2.45) is 4.99 Å². The van der Waals surface area contributed by atoms with Crippen LogP contribution in [0.15, 0.2) is 72.5 Å². The van der Waals surface area contributed by atoms with E-state index < -0.39 is 12.0 Å². The first-order valence-electron chi connectivity index (χ1n) is 14.6. The van der Waals surface area contributed by atoms with Gasteiger partial charge >= 0.3 is 5.97 Å². The lowest BCUT2D eigenvalue weighted by molar-refractivity contribution is -0.139. The lowest BCUT2D eigenvalue weighted by Gasteiger charge is -2.26. The monoisotopic (exact) mass is 838 g/mol. The Morgan fingerprint density at radius 1 is 0.979 bits per heavy atom. The maximum absolute atomic E-state index is 14.2. The Bertz CT molecular complexity index is 2110. The molecule has 0 fully saturated rings. The van der Waals surface area contributed by atoms with Crippen LogP contribution in [-0.4, -0.2) is 38.0 Å². The predicted molar refractivity (Wildman–Crippen MR) is 194 cm³/mol. The van der Waals surface area contributed by atoms with E-state index in [1.807, 2.05) is 13.0 Å². The Labute approximate surface area is 307 Å². The first kappa shape index (κ1) is 36.0. The van der Waals surface area contributed by atoms with Crippen molar-refractivity contribution in [3.05, 3.63) is 109 Å². The summed E-state index contributed by atoms with van der Waals surface area (Å²) in [6.45, 7) is 6.09. The van der Waals surface area contributed by atoms with Crippen LogP contribution in [0.4, 0.5) is 0 Å². The molecule has 0 N–H and O–H groups in total. The van der Waals surface area contributed by atoms with Crippen molar-refractivity contribution >= 4 is 78.4 Å². The van der Waals surface area contributed by atoms with Crippen LogP contribution in [-0.2, 0) is 16.1 Å². The largest absolute Gasteiger partial charge is 0.493 e. The smallest absolute Gasteiger partial charge is 0.338 e. The van der Waals surface area contributed by atoms with Gasteiger partial charge < -0.3 is 23.7 Å². The number of esters is 1. The van der Waals surface area contributed by atoms with Gasteiger partial charge in [-0.15, -0.1) is 0 Å². The van der Waals surface area contributed by atoms with E-state index in [4.69, 9.17) is 46.9 Å². The molecule has 1 aliphatic heterocycles. The average Bonchev–Trinajstić information content (AvgIpc) is 3.34. The normalized spacial score (nSPS) is 14.4. The minimum atomic E-state index is -0.863. The molecule has 0 saturated heterocycles. The highest BCUT2D eigenvalue weighted by Gasteiger charge is 2.35. The topological polar surface area (TPSA) is 97.6 Å². The van der Waals surface area contributed by atoms with Crippen molar-refractivity contribution in [3.8, 4) is 23.0 Å². The Morgan fingerprint density at radius 3 is 2.40 bits per heavy atom. The molecule has 0 amide bonds. The summed E-state index contributed by atoms with van der Waals surface area (Å²) in [4.78, 5) is 32.7. The summed E-state index contributed by atoms with van der Waals surface area (Å²) in [5, 5.41) is 1.02. The van der Waals surface area contributed by atoms with E-state index in [1.54, 1.807) is 56.3 Å². The van der Waals surface area contributed by atoms with Crippen LogP contribution in [0.25, 0.3) is 6.08 Å². The van der Waals surface area contributed by atoms with Crippen LogP contribution >= 0.6 is 66.4 Å². The van der Waals surface area contributed by atoms with E-state index in [9.17, 15) is 9.59 Å².